The first-order valence-corrected chi connectivity index (χ1v) is 6.46. The van der Waals surface area contributed by atoms with Crippen molar-refractivity contribution >= 4 is 11.8 Å². The van der Waals surface area contributed by atoms with Gasteiger partial charge in [-0.25, -0.2) is 0 Å². The third-order valence-corrected chi connectivity index (χ3v) is 3.80. The highest BCUT2D eigenvalue weighted by Crippen LogP contribution is 2.24. The van der Waals surface area contributed by atoms with Crippen LogP contribution in [0, 0.1) is 5.92 Å². The first kappa shape index (κ1) is 10.8. The predicted octanol–water partition coefficient (Wildman–Crippen LogP) is 2.48. The normalized spacial score (nSPS) is 20.7. The summed E-state index contributed by atoms with van der Waals surface area (Å²) in [6.45, 7) is 2.36. The summed E-state index contributed by atoms with van der Waals surface area (Å²) in [5, 5.41) is 12.7. The summed E-state index contributed by atoms with van der Waals surface area (Å²) in [7, 11) is 0. The molecule has 2 nitrogen and oxygen atoms in total. The molecule has 0 bridgehead atoms. The Morgan fingerprint density at radius 2 is 2.40 bits per heavy atom. The van der Waals surface area contributed by atoms with E-state index in [-0.39, 0.29) is 0 Å². The van der Waals surface area contributed by atoms with Gasteiger partial charge < -0.3 is 10.4 Å². The zero-order chi connectivity index (χ0) is 10.5. The highest BCUT2D eigenvalue weighted by atomic mass is 32.2. The second kappa shape index (κ2) is 5.42. The molecule has 1 fully saturated rings. The number of phenols is 1. The van der Waals surface area contributed by atoms with Crippen molar-refractivity contribution in [3.8, 4) is 5.75 Å². The molecule has 2 rings (SSSR count). The number of aromatic hydroxyl groups is 1. The van der Waals surface area contributed by atoms with Gasteiger partial charge in [-0.2, -0.15) is 0 Å². The third-order valence-electron chi connectivity index (χ3n) is 2.77. The highest BCUT2D eigenvalue weighted by Gasteiger charge is 2.13. The lowest BCUT2D eigenvalue weighted by molar-refractivity contribution is 0.474. The Balaban J connectivity index is 1.73. The molecule has 0 saturated carbocycles. The number of rotatable bonds is 4. The van der Waals surface area contributed by atoms with E-state index in [0.717, 1.165) is 11.7 Å². The Morgan fingerprint density at radius 1 is 1.47 bits per heavy atom. The van der Waals surface area contributed by atoms with Crippen LogP contribution in [0.4, 0.5) is 0 Å². The van der Waals surface area contributed by atoms with Crippen LogP contribution in [0.15, 0.2) is 29.2 Å². The van der Waals surface area contributed by atoms with Crippen molar-refractivity contribution in [3.05, 3.63) is 24.3 Å². The lowest BCUT2D eigenvalue weighted by Gasteiger charge is -2.07. The molecule has 0 aliphatic carbocycles. The van der Waals surface area contributed by atoms with E-state index < -0.39 is 0 Å². The molecule has 0 aromatic heterocycles. The Labute approximate surface area is 95.1 Å². The molecular formula is C12H17NOS. The maximum atomic E-state index is 9.30. The molecule has 1 saturated heterocycles. The topological polar surface area (TPSA) is 32.3 Å². The maximum absolute atomic E-state index is 9.30. The van der Waals surface area contributed by atoms with Gasteiger partial charge in [-0.1, -0.05) is 6.07 Å². The summed E-state index contributed by atoms with van der Waals surface area (Å²) in [5.41, 5.74) is 0. The van der Waals surface area contributed by atoms with Gasteiger partial charge in [-0.05, 0) is 55.8 Å². The molecule has 3 heteroatoms. The minimum atomic E-state index is 0.363. The number of hydrogen-bond acceptors (Lipinski definition) is 3. The van der Waals surface area contributed by atoms with Crippen LogP contribution in [0.1, 0.15) is 12.8 Å². The van der Waals surface area contributed by atoms with Crippen LogP contribution in [0.3, 0.4) is 0 Å². The van der Waals surface area contributed by atoms with Crippen molar-refractivity contribution in [2.45, 2.75) is 17.7 Å². The first-order chi connectivity index (χ1) is 7.34. The van der Waals surface area contributed by atoms with Gasteiger partial charge in [0.15, 0.2) is 0 Å². The monoisotopic (exact) mass is 223 g/mol. The molecule has 1 aliphatic rings. The largest absolute Gasteiger partial charge is 0.508 e. The van der Waals surface area contributed by atoms with Gasteiger partial charge >= 0.3 is 0 Å². The first-order valence-electron chi connectivity index (χ1n) is 5.47. The molecule has 0 amide bonds. The van der Waals surface area contributed by atoms with Gasteiger partial charge in [0, 0.05) is 4.90 Å². The van der Waals surface area contributed by atoms with Crippen LogP contribution >= 0.6 is 11.8 Å². The molecule has 82 valence electrons. The number of thioether (sulfide) groups is 1. The predicted molar refractivity (Wildman–Crippen MR) is 64.4 cm³/mol. The minimum Gasteiger partial charge on any atom is -0.508 e. The molecule has 1 aromatic carbocycles. The van der Waals surface area contributed by atoms with E-state index >= 15 is 0 Å². The number of benzene rings is 1. The zero-order valence-corrected chi connectivity index (χ0v) is 9.59. The lowest BCUT2D eigenvalue weighted by Crippen LogP contribution is -2.09. The third kappa shape index (κ3) is 3.43. The highest BCUT2D eigenvalue weighted by molar-refractivity contribution is 7.99. The van der Waals surface area contributed by atoms with Crippen molar-refractivity contribution in [2.24, 2.45) is 5.92 Å². The molecule has 1 heterocycles. The van der Waals surface area contributed by atoms with Gasteiger partial charge in [0.05, 0.1) is 0 Å². The van der Waals surface area contributed by atoms with Gasteiger partial charge in [0.1, 0.15) is 5.75 Å². The van der Waals surface area contributed by atoms with Crippen LogP contribution in [-0.4, -0.2) is 23.9 Å². The van der Waals surface area contributed by atoms with Crippen LogP contribution in [0.2, 0.25) is 0 Å². The Morgan fingerprint density at radius 3 is 3.13 bits per heavy atom. The van der Waals surface area contributed by atoms with Crippen LogP contribution < -0.4 is 5.32 Å². The Hall–Kier alpha value is -0.670. The fraction of sp³-hybridized carbons (Fsp3) is 0.500. The summed E-state index contributed by atoms with van der Waals surface area (Å²) in [6.07, 6.45) is 2.59. The molecule has 15 heavy (non-hydrogen) atoms. The summed E-state index contributed by atoms with van der Waals surface area (Å²) in [6, 6.07) is 7.49. The van der Waals surface area contributed by atoms with E-state index in [2.05, 4.69) is 11.4 Å². The smallest absolute Gasteiger partial charge is 0.116 e. The van der Waals surface area contributed by atoms with Crippen molar-refractivity contribution in [1.82, 2.24) is 5.32 Å². The van der Waals surface area contributed by atoms with Gasteiger partial charge in [0.25, 0.3) is 0 Å². The quantitative estimate of drug-likeness (QED) is 0.769. The average molecular weight is 223 g/mol. The minimum absolute atomic E-state index is 0.363. The molecule has 2 N–H and O–H groups in total. The summed E-state index contributed by atoms with van der Waals surface area (Å²) in [4.78, 5) is 1.17. The summed E-state index contributed by atoms with van der Waals surface area (Å²) in [5.74, 6) is 2.37. The summed E-state index contributed by atoms with van der Waals surface area (Å²) < 4.78 is 0. The fourth-order valence-electron chi connectivity index (χ4n) is 1.88. The van der Waals surface area contributed by atoms with E-state index in [0.29, 0.717) is 5.75 Å². The van der Waals surface area contributed by atoms with E-state index in [9.17, 15) is 5.11 Å². The molecule has 1 aromatic rings. The average Bonchev–Trinajstić information content (AvgIpc) is 2.71. The van der Waals surface area contributed by atoms with E-state index in [1.165, 1.54) is 30.8 Å². The number of nitrogens with one attached hydrogen (secondary N) is 1. The molecule has 1 unspecified atom stereocenters. The second-order valence-electron chi connectivity index (χ2n) is 3.99. The zero-order valence-electron chi connectivity index (χ0n) is 8.78. The van der Waals surface area contributed by atoms with E-state index in [1.807, 2.05) is 23.9 Å². The number of phenolic OH excluding ortho intramolecular Hbond substituents is 1. The SMILES string of the molecule is Oc1cccc(SCCC2CCNC2)c1. The number of hydrogen-bond donors (Lipinski definition) is 2. The standard InChI is InChI=1S/C12H17NOS/c14-11-2-1-3-12(8-11)15-7-5-10-4-6-13-9-10/h1-3,8,10,13-14H,4-7,9H2. The molecule has 0 radical (unpaired) electrons. The van der Waals surface area contributed by atoms with Crippen molar-refractivity contribution < 1.29 is 5.11 Å². The van der Waals surface area contributed by atoms with Gasteiger partial charge in [-0.3, -0.25) is 0 Å². The van der Waals surface area contributed by atoms with E-state index in [1.54, 1.807) is 6.07 Å². The van der Waals surface area contributed by atoms with Gasteiger partial charge in [0.2, 0.25) is 0 Å². The summed E-state index contributed by atoms with van der Waals surface area (Å²) >= 11 is 1.83. The van der Waals surface area contributed by atoms with E-state index in [4.69, 9.17) is 0 Å². The van der Waals surface area contributed by atoms with Crippen LogP contribution in [0.5, 0.6) is 5.75 Å². The van der Waals surface area contributed by atoms with Crippen molar-refractivity contribution in [2.75, 3.05) is 18.8 Å². The second-order valence-corrected chi connectivity index (χ2v) is 5.16. The fourth-order valence-corrected chi connectivity index (χ4v) is 2.94. The molecule has 1 aliphatic heterocycles. The molecule has 1 atom stereocenters. The van der Waals surface area contributed by atoms with Gasteiger partial charge in [-0.15, -0.1) is 11.8 Å². The molecule has 0 spiro atoms. The Kier molecular flexibility index (Phi) is 3.92. The van der Waals surface area contributed by atoms with Crippen LogP contribution in [-0.2, 0) is 0 Å². The van der Waals surface area contributed by atoms with Crippen molar-refractivity contribution in [1.29, 1.82) is 0 Å². The Bertz CT molecular complexity index is 310. The van der Waals surface area contributed by atoms with Crippen molar-refractivity contribution in [3.63, 3.8) is 0 Å². The molecular weight excluding hydrogens is 206 g/mol. The maximum Gasteiger partial charge on any atom is 0.116 e. The van der Waals surface area contributed by atoms with Crippen LogP contribution in [0.25, 0.3) is 0 Å². The lowest BCUT2D eigenvalue weighted by atomic mass is 10.1.